The van der Waals surface area contributed by atoms with Gasteiger partial charge < -0.3 is 13.7 Å². The van der Waals surface area contributed by atoms with Crippen LogP contribution < -0.4 is 0 Å². The van der Waals surface area contributed by atoms with Crippen molar-refractivity contribution in [3.63, 3.8) is 0 Å². The molecule has 0 saturated heterocycles. The van der Waals surface area contributed by atoms with Gasteiger partial charge in [0.05, 0.1) is 16.6 Å². The van der Waals surface area contributed by atoms with Gasteiger partial charge in [-0.05, 0) is 69.5 Å². The number of aryl methyl sites for hydroxylation is 3. The van der Waals surface area contributed by atoms with Gasteiger partial charge in [0.2, 0.25) is 17.8 Å². The van der Waals surface area contributed by atoms with Gasteiger partial charge in [-0.1, -0.05) is 54.6 Å². The molecule has 282 valence electrons. The van der Waals surface area contributed by atoms with Crippen molar-refractivity contribution in [1.29, 1.82) is 0 Å². The number of aromatic nitrogens is 9. The van der Waals surface area contributed by atoms with Crippen LogP contribution in [0.3, 0.4) is 0 Å². The summed E-state index contributed by atoms with van der Waals surface area (Å²) in [6, 6.07) is 58.7. The zero-order valence-electron chi connectivity index (χ0n) is 31.9. The van der Waals surface area contributed by atoms with Crippen molar-refractivity contribution in [2.75, 3.05) is 0 Å². The molecule has 0 aliphatic carbocycles. The number of benzene rings is 6. The van der Waals surface area contributed by atoms with E-state index in [2.05, 4.69) is 170 Å². The number of hydrogen-bond acceptors (Lipinski definition) is 3. The van der Waals surface area contributed by atoms with Crippen molar-refractivity contribution in [2.45, 2.75) is 0 Å². The quantitative estimate of drug-likeness (QED) is 0.166. The molecule has 0 aliphatic heterocycles. The normalized spacial score (nSPS) is 11.2. The molecular formula is C48H36IrN9. The van der Waals surface area contributed by atoms with Crippen LogP contribution in [0.15, 0.2) is 164 Å². The Morgan fingerprint density at radius 2 is 0.621 bits per heavy atom. The Bertz CT molecular complexity index is 3010. The minimum absolute atomic E-state index is 0. The molecule has 9 nitrogen and oxygen atoms in total. The molecule has 0 fully saturated rings. The van der Waals surface area contributed by atoms with Gasteiger partial charge in [0.1, 0.15) is 0 Å². The summed E-state index contributed by atoms with van der Waals surface area (Å²) in [7, 11) is 6.10. The van der Waals surface area contributed by atoms with Crippen LogP contribution in [0.1, 0.15) is 0 Å². The van der Waals surface area contributed by atoms with Crippen LogP contribution in [0.5, 0.6) is 0 Å². The van der Waals surface area contributed by atoms with Crippen molar-refractivity contribution in [3.8, 4) is 17.8 Å². The van der Waals surface area contributed by atoms with E-state index in [-0.39, 0.29) is 20.1 Å². The van der Waals surface area contributed by atoms with Gasteiger partial charge in [-0.2, -0.15) is 54.6 Å². The third kappa shape index (κ3) is 6.29. The van der Waals surface area contributed by atoms with Crippen LogP contribution in [-0.2, 0) is 41.2 Å². The summed E-state index contributed by atoms with van der Waals surface area (Å²) in [5.74, 6) is 2.75. The number of fused-ring (bicyclic) bond motifs is 6. The molecule has 0 radical (unpaired) electrons. The van der Waals surface area contributed by atoms with Crippen LogP contribution in [0.4, 0.5) is 0 Å². The molecule has 12 rings (SSSR count). The second kappa shape index (κ2) is 15.2. The molecule has 6 aromatic heterocycles. The van der Waals surface area contributed by atoms with Gasteiger partial charge in [-0.3, -0.25) is 13.7 Å². The topological polar surface area (TPSA) is 68.2 Å². The van der Waals surface area contributed by atoms with Crippen molar-refractivity contribution >= 4 is 65.8 Å². The predicted octanol–water partition coefficient (Wildman–Crippen LogP) is 9.95. The first-order chi connectivity index (χ1) is 28.0. The fourth-order valence-corrected chi connectivity index (χ4v) is 7.60. The van der Waals surface area contributed by atoms with Crippen molar-refractivity contribution in [3.05, 3.63) is 182 Å². The maximum absolute atomic E-state index is 4.68. The summed E-state index contributed by atoms with van der Waals surface area (Å²) in [5, 5.41) is 3.66. The van der Waals surface area contributed by atoms with E-state index in [4.69, 9.17) is 0 Å². The zero-order chi connectivity index (χ0) is 38.5. The van der Waals surface area contributed by atoms with Crippen LogP contribution in [0.25, 0.3) is 83.7 Å². The molecule has 0 N–H and O–H groups in total. The summed E-state index contributed by atoms with van der Waals surface area (Å²) in [5.41, 5.74) is 9.48. The monoisotopic (exact) mass is 931 g/mol. The molecule has 6 aromatic carbocycles. The van der Waals surface area contributed by atoms with Gasteiger partial charge in [0.25, 0.3) is 0 Å². The van der Waals surface area contributed by atoms with Gasteiger partial charge in [0, 0.05) is 55.9 Å². The largest absolute Gasteiger partial charge is 3.00 e. The van der Waals surface area contributed by atoms with Crippen LogP contribution >= 0.6 is 0 Å². The maximum Gasteiger partial charge on any atom is 3.00 e. The fourth-order valence-electron chi connectivity index (χ4n) is 7.60. The molecule has 58 heavy (non-hydrogen) atoms. The third-order valence-corrected chi connectivity index (χ3v) is 10.5. The molecular weight excluding hydrogens is 895 g/mol. The van der Waals surface area contributed by atoms with Gasteiger partial charge in [-0.25, -0.2) is 15.0 Å². The summed E-state index contributed by atoms with van der Waals surface area (Å²) >= 11 is 0. The van der Waals surface area contributed by atoms with Crippen LogP contribution in [-0.4, -0.2) is 42.4 Å². The fraction of sp³-hybridized carbons (Fsp3) is 0.0625. The Kier molecular flexibility index (Phi) is 9.57. The van der Waals surface area contributed by atoms with Crippen molar-refractivity contribution in [1.82, 2.24) is 42.4 Å². The van der Waals surface area contributed by atoms with E-state index < -0.39 is 0 Å². The predicted molar refractivity (Wildman–Crippen MR) is 229 cm³/mol. The Hall–Kier alpha value is -7.00. The van der Waals surface area contributed by atoms with E-state index in [1.54, 1.807) is 0 Å². The standard InChI is InChI=1S/3C16H12N3.Ir/c3*1-18-15-9-5-3-7-13(15)17-16(18)19-11-10-12-6-2-4-8-14(12)19;/h3*2-6,8-11H,1H3;/q3*-1;+3. The number of nitrogens with zero attached hydrogens (tertiary/aromatic N) is 9. The molecule has 12 aromatic rings. The molecule has 0 saturated carbocycles. The summed E-state index contributed by atoms with van der Waals surface area (Å²) < 4.78 is 12.6. The number of para-hydroxylation sites is 6. The molecule has 0 bridgehead atoms. The first kappa shape index (κ1) is 36.6. The van der Waals surface area contributed by atoms with E-state index in [1.165, 1.54) is 32.7 Å². The summed E-state index contributed by atoms with van der Waals surface area (Å²) in [6.45, 7) is 0. The smallest absolute Gasteiger partial charge is 0.366 e. The van der Waals surface area contributed by atoms with E-state index in [0.717, 1.165) is 50.9 Å². The molecule has 0 atom stereocenters. The third-order valence-electron chi connectivity index (χ3n) is 10.5. The first-order valence-electron chi connectivity index (χ1n) is 18.7. The Morgan fingerprint density at radius 3 is 0.914 bits per heavy atom. The number of hydrogen-bond donors (Lipinski definition) is 0. The average molecular weight is 931 g/mol. The van der Waals surface area contributed by atoms with Gasteiger partial charge in [0.15, 0.2) is 0 Å². The van der Waals surface area contributed by atoms with E-state index in [1.807, 2.05) is 75.7 Å². The van der Waals surface area contributed by atoms with E-state index >= 15 is 0 Å². The van der Waals surface area contributed by atoms with Crippen molar-refractivity contribution < 1.29 is 20.1 Å². The maximum atomic E-state index is 4.68. The van der Waals surface area contributed by atoms with E-state index in [9.17, 15) is 0 Å². The minimum Gasteiger partial charge on any atom is -0.366 e. The SMILES string of the molecule is Cn1c(-n2ccc3ccccc32)nc2[c-]cccc21.Cn1c(-n2ccc3ccccc32)nc2[c-]cccc21.Cn1c(-n2ccc3ccccc32)nc2[c-]cccc21.[Ir+3]. The molecule has 0 spiro atoms. The second-order valence-electron chi connectivity index (χ2n) is 13.9. The van der Waals surface area contributed by atoms with Crippen LogP contribution in [0.2, 0.25) is 0 Å². The Morgan fingerprint density at radius 1 is 0.345 bits per heavy atom. The van der Waals surface area contributed by atoms with Gasteiger partial charge >= 0.3 is 20.1 Å². The first-order valence-corrected chi connectivity index (χ1v) is 18.7. The van der Waals surface area contributed by atoms with E-state index in [0.29, 0.717) is 0 Å². The second-order valence-corrected chi connectivity index (χ2v) is 13.9. The van der Waals surface area contributed by atoms with Crippen molar-refractivity contribution in [2.24, 2.45) is 21.1 Å². The Balaban J connectivity index is 0.000000112. The van der Waals surface area contributed by atoms with Crippen LogP contribution in [0, 0.1) is 18.2 Å². The zero-order valence-corrected chi connectivity index (χ0v) is 34.3. The minimum atomic E-state index is 0. The molecule has 0 unspecified atom stereocenters. The number of imidazole rings is 3. The average Bonchev–Trinajstić information content (AvgIpc) is 4.12. The molecule has 6 heterocycles. The van der Waals surface area contributed by atoms with Gasteiger partial charge in [-0.15, -0.1) is 18.2 Å². The Labute approximate surface area is 348 Å². The summed E-state index contributed by atoms with van der Waals surface area (Å²) in [4.78, 5) is 14.0. The summed E-state index contributed by atoms with van der Waals surface area (Å²) in [6.07, 6.45) is 6.18. The number of rotatable bonds is 3. The molecule has 10 heteroatoms. The molecule has 0 amide bonds. The molecule has 0 aliphatic rings.